The van der Waals surface area contributed by atoms with Crippen molar-refractivity contribution in [2.45, 2.75) is 0 Å². The zero-order valence-corrected chi connectivity index (χ0v) is 9.63. The van der Waals surface area contributed by atoms with Crippen LogP contribution in [-0.2, 0) is 0 Å². The third kappa shape index (κ3) is 396. The van der Waals surface area contributed by atoms with Gasteiger partial charge in [-0.15, -0.1) is 0 Å². The maximum absolute atomic E-state index is 3.25. The Hall–Kier alpha value is 0.751. The number of hydrogen-bond donors (Lipinski definition) is 0. The van der Waals surface area contributed by atoms with Crippen molar-refractivity contribution in [2.24, 2.45) is 0 Å². The van der Waals surface area contributed by atoms with Gasteiger partial charge in [-0.25, -0.2) is 39.2 Å². The van der Waals surface area contributed by atoms with Gasteiger partial charge in [0.1, 0.15) is 0 Å². The largest absolute Gasteiger partial charge is 2.00 e. The van der Waals surface area contributed by atoms with Crippen molar-refractivity contribution in [2.75, 3.05) is 0 Å². The molecule has 0 aliphatic carbocycles. The van der Waals surface area contributed by atoms with Crippen LogP contribution in [0.5, 0.6) is 0 Å². The maximum Gasteiger partial charge on any atom is 2.00 e. The number of allylic oxidation sites excluding steroid dienone is 2. The summed E-state index contributed by atoms with van der Waals surface area (Å²) in [4.78, 5) is 0. The van der Waals surface area contributed by atoms with E-state index in [-0.39, 0.29) is 54.4 Å². The molecule has 0 heterocycles. The van der Waals surface area contributed by atoms with Gasteiger partial charge in [-0.05, 0) is 0 Å². The van der Waals surface area contributed by atoms with Crippen LogP contribution in [0.4, 0.5) is 0 Å². The molecule has 1 nitrogen and oxygen atoms in total. The average molecular weight is 237 g/mol. The van der Waals surface area contributed by atoms with Crippen LogP contribution in [0, 0.1) is 13.8 Å². The summed E-state index contributed by atoms with van der Waals surface area (Å²) in [5, 5.41) is 0. The quantitative estimate of drug-likeness (QED) is 0.441. The molecule has 0 spiro atoms. The van der Waals surface area contributed by atoms with Crippen molar-refractivity contribution in [3.8, 4) is 0 Å². The van der Waals surface area contributed by atoms with E-state index in [9.17, 15) is 0 Å². The van der Waals surface area contributed by atoms with Gasteiger partial charge in [0.2, 0.25) is 0 Å². The average Bonchev–Trinajstić information content (AvgIpc) is 1.39. The molecule has 0 aliphatic heterocycles. The van der Waals surface area contributed by atoms with E-state index in [0.717, 1.165) is 0 Å². The molecule has 44 valence electrons. The molecule has 0 unspecified atom stereocenters. The first-order chi connectivity index (χ1) is 2.83. The van der Waals surface area contributed by atoms with E-state index >= 15 is 0 Å². The first-order valence-electron chi connectivity index (χ1n) is 1.63. The molecule has 0 aliphatic rings. The fourth-order valence-electron chi connectivity index (χ4n) is 0. The van der Waals surface area contributed by atoms with Crippen molar-refractivity contribution in [3.63, 3.8) is 0 Å². The van der Waals surface area contributed by atoms with Crippen LogP contribution in [0.2, 0.25) is 0 Å². The minimum atomic E-state index is 0. The van der Waals surface area contributed by atoms with E-state index in [2.05, 4.69) is 27.0 Å². The Morgan fingerprint density at radius 3 is 1.00 bits per heavy atom. The van der Waals surface area contributed by atoms with E-state index in [1.165, 1.54) is 12.2 Å². The minimum absolute atomic E-state index is 0. The molecule has 2 heteroatoms. The van der Waals surface area contributed by atoms with E-state index in [1.807, 2.05) is 0 Å². The molecule has 0 radical (unpaired) electrons. The third-order valence-electron chi connectivity index (χ3n) is 0. The molecule has 0 aromatic rings. The van der Waals surface area contributed by atoms with E-state index in [1.54, 1.807) is 0 Å². The zero-order valence-electron chi connectivity index (χ0n) is 5.19. The SMILES string of the molecule is C=C[CH2-].C=C[CH2-].O.[Ba+2]. The summed E-state index contributed by atoms with van der Waals surface area (Å²) in [5.41, 5.74) is 0. The van der Waals surface area contributed by atoms with Crippen molar-refractivity contribution in [1.82, 2.24) is 0 Å². The molecule has 0 amide bonds. The van der Waals surface area contributed by atoms with Gasteiger partial charge in [0.25, 0.3) is 0 Å². The summed E-state index contributed by atoms with van der Waals surface area (Å²) in [7, 11) is 0. The molecule has 2 N–H and O–H groups in total. The molecule has 0 saturated heterocycles. The van der Waals surface area contributed by atoms with Gasteiger partial charge in [-0.2, -0.15) is 0 Å². The maximum atomic E-state index is 3.25. The predicted octanol–water partition coefficient (Wildman–Crippen LogP) is 0.807. The monoisotopic (exact) mass is 238 g/mol. The van der Waals surface area contributed by atoms with Crippen LogP contribution in [0.25, 0.3) is 0 Å². The first-order valence-corrected chi connectivity index (χ1v) is 1.63. The van der Waals surface area contributed by atoms with Crippen LogP contribution in [0.15, 0.2) is 25.3 Å². The van der Waals surface area contributed by atoms with Gasteiger partial charge in [0, 0.05) is 0 Å². The molecule has 0 rings (SSSR count). The molecule has 0 fully saturated rings. The summed E-state index contributed by atoms with van der Waals surface area (Å²) in [5.74, 6) is 0. The van der Waals surface area contributed by atoms with E-state index in [0.29, 0.717) is 0 Å². The minimum Gasteiger partial charge on any atom is -0.412 e. The summed E-state index contributed by atoms with van der Waals surface area (Å²) in [6.07, 6.45) is 3.00. The van der Waals surface area contributed by atoms with Gasteiger partial charge < -0.3 is 5.48 Å². The third-order valence-corrected chi connectivity index (χ3v) is 0. The van der Waals surface area contributed by atoms with E-state index in [4.69, 9.17) is 0 Å². The van der Waals surface area contributed by atoms with Crippen LogP contribution >= 0.6 is 0 Å². The molecule has 0 aromatic heterocycles. The normalized spacial score (nSPS) is 3.00. The standard InChI is InChI=1S/2C3H5.Ba.H2O/c2*1-3-2;;/h2*3H,1-2H2;;1H2/q2*-1;+2;. The second-order valence-corrected chi connectivity index (χ2v) is 0.577. The van der Waals surface area contributed by atoms with Gasteiger partial charge in [0.05, 0.1) is 0 Å². The summed E-state index contributed by atoms with van der Waals surface area (Å²) in [6, 6.07) is 0. The Labute approximate surface area is 92.2 Å². The van der Waals surface area contributed by atoms with Crippen LogP contribution in [0.3, 0.4) is 0 Å². The van der Waals surface area contributed by atoms with Crippen molar-refractivity contribution < 1.29 is 5.48 Å². The topological polar surface area (TPSA) is 31.5 Å². The molecular formula is C6H12BaO. The smallest absolute Gasteiger partial charge is 0.412 e. The summed E-state index contributed by atoms with van der Waals surface area (Å²) < 4.78 is 0. The van der Waals surface area contributed by atoms with Crippen molar-refractivity contribution in [1.29, 1.82) is 0 Å². The van der Waals surface area contributed by atoms with E-state index < -0.39 is 0 Å². The molecule has 0 aromatic carbocycles. The molecule has 0 bridgehead atoms. The molecule has 8 heavy (non-hydrogen) atoms. The number of rotatable bonds is 0. The fourth-order valence-corrected chi connectivity index (χ4v) is 0. The molecule has 0 saturated carbocycles. The Bertz CT molecular complexity index is 29.5. The predicted molar refractivity (Wildman–Crippen MR) is 40.5 cm³/mol. The van der Waals surface area contributed by atoms with Crippen LogP contribution in [0.1, 0.15) is 0 Å². The molecule has 0 atom stereocenters. The number of hydrogen-bond acceptors (Lipinski definition) is 0. The Morgan fingerprint density at radius 2 is 1.00 bits per heavy atom. The summed E-state index contributed by atoms with van der Waals surface area (Å²) in [6.45, 7) is 13.0. The Kier molecular flexibility index (Phi) is 136. The second kappa shape index (κ2) is 46.7. The molecular weight excluding hydrogens is 225 g/mol. The Morgan fingerprint density at radius 1 is 1.00 bits per heavy atom. The van der Waals surface area contributed by atoms with Crippen LogP contribution < -0.4 is 0 Å². The fraction of sp³-hybridized carbons (Fsp3) is 0. The van der Waals surface area contributed by atoms with Gasteiger partial charge in [-0.3, -0.25) is 0 Å². The Balaban J connectivity index is -0.0000000160. The second-order valence-electron chi connectivity index (χ2n) is 0.577. The van der Waals surface area contributed by atoms with Gasteiger partial charge in [0.15, 0.2) is 0 Å². The van der Waals surface area contributed by atoms with Crippen molar-refractivity contribution >= 4 is 48.9 Å². The van der Waals surface area contributed by atoms with Gasteiger partial charge >= 0.3 is 48.9 Å². The zero-order chi connectivity index (χ0) is 5.41. The van der Waals surface area contributed by atoms with Crippen LogP contribution in [-0.4, -0.2) is 54.4 Å². The first kappa shape index (κ1) is 23.3. The summed E-state index contributed by atoms with van der Waals surface area (Å²) >= 11 is 0. The van der Waals surface area contributed by atoms with Gasteiger partial charge in [-0.1, -0.05) is 0 Å². The van der Waals surface area contributed by atoms with Crippen molar-refractivity contribution in [3.05, 3.63) is 39.2 Å².